The highest BCUT2D eigenvalue weighted by Crippen LogP contribution is 2.31. The van der Waals surface area contributed by atoms with Crippen molar-refractivity contribution in [1.82, 2.24) is 10.3 Å². The van der Waals surface area contributed by atoms with Gasteiger partial charge in [0.25, 0.3) is 5.91 Å². The molecular weight excluding hydrogens is 403 g/mol. The number of halogens is 2. The second kappa shape index (κ2) is 8.39. The van der Waals surface area contributed by atoms with E-state index in [9.17, 15) is 14.7 Å². The molecule has 0 saturated heterocycles. The van der Waals surface area contributed by atoms with E-state index in [1.807, 2.05) is 12.1 Å². The first kappa shape index (κ1) is 20.5. The molecule has 0 spiro atoms. The van der Waals surface area contributed by atoms with Crippen molar-refractivity contribution in [3.05, 3.63) is 62.9 Å². The number of allylic oxidation sites excluding steroid dienone is 1. The highest BCUT2D eigenvalue weighted by molar-refractivity contribution is 6.44. The van der Waals surface area contributed by atoms with Gasteiger partial charge in [0.1, 0.15) is 5.69 Å². The summed E-state index contributed by atoms with van der Waals surface area (Å²) in [5.74, 6) is -1.32. The van der Waals surface area contributed by atoms with Gasteiger partial charge in [0, 0.05) is 12.8 Å². The molecule has 1 heterocycles. The van der Waals surface area contributed by atoms with Crippen molar-refractivity contribution in [2.45, 2.75) is 31.9 Å². The Balaban J connectivity index is 1.79. The summed E-state index contributed by atoms with van der Waals surface area (Å²) in [6.07, 6.45) is 2.88. The Morgan fingerprint density at radius 2 is 2.04 bits per heavy atom. The number of amides is 1. The van der Waals surface area contributed by atoms with Crippen LogP contribution in [0.5, 0.6) is 0 Å². The lowest BCUT2D eigenvalue weighted by molar-refractivity contribution is 0.0696. The number of carboxylic acid groups (broad SMARTS) is 1. The number of aromatic carboxylic acids is 1. The van der Waals surface area contributed by atoms with Gasteiger partial charge in [-0.2, -0.15) is 0 Å². The molecule has 1 aliphatic rings. The molecule has 148 valence electrons. The second-order valence-corrected chi connectivity index (χ2v) is 7.41. The number of carbonyl (C=O) groups excluding carboxylic acids is 1. The van der Waals surface area contributed by atoms with Gasteiger partial charge < -0.3 is 20.1 Å². The van der Waals surface area contributed by atoms with Gasteiger partial charge in [-0.25, -0.2) is 4.79 Å². The lowest BCUT2D eigenvalue weighted by Crippen LogP contribution is -2.45. The van der Waals surface area contributed by atoms with Crippen molar-refractivity contribution in [1.29, 1.82) is 0 Å². The Bertz CT molecular complexity index is 952. The van der Waals surface area contributed by atoms with Crippen LogP contribution < -0.4 is 5.32 Å². The average Bonchev–Trinajstić information content (AvgIpc) is 2.95. The fourth-order valence-electron chi connectivity index (χ4n) is 3.32. The number of methoxy groups -OCH3 is 1. The largest absolute Gasteiger partial charge is 0.478 e. The standard InChI is InChI=1S/C20H20Cl2N2O4/c1-10-16(21)17(22)18(23-10)19(25)24-14-7-6-12(9-15(14)28-2)11-4-3-5-13(8-11)20(26)27/h3-5,8-9,14-15,23H,6-7H2,1-2H3,(H,24,25)(H,26,27). The van der Waals surface area contributed by atoms with Crippen molar-refractivity contribution in [2.75, 3.05) is 7.11 Å². The summed E-state index contributed by atoms with van der Waals surface area (Å²) >= 11 is 12.2. The number of aromatic amines is 1. The van der Waals surface area contributed by atoms with Crippen LogP contribution in [-0.4, -0.2) is 41.2 Å². The lowest BCUT2D eigenvalue weighted by Gasteiger charge is -2.30. The molecule has 6 nitrogen and oxygen atoms in total. The van der Waals surface area contributed by atoms with Crippen LogP contribution in [0.3, 0.4) is 0 Å². The van der Waals surface area contributed by atoms with Crippen LogP contribution in [-0.2, 0) is 4.74 Å². The highest BCUT2D eigenvalue weighted by atomic mass is 35.5. The molecule has 8 heteroatoms. The maximum absolute atomic E-state index is 12.6. The maximum Gasteiger partial charge on any atom is 0.335 e. The summed E-state index contributed by atoms with van der Waals surface area (Å²) in [4.78, 5) is 26.7. The average molecular weight is 423 g/mol. The summed E-state index contributed by atoms with van der Waals surface area (Å²) in [7, 11) is 1.57. The van der Waals surface area contributed by atoms with Gasteiger partial charge in [-0.15, -0.1) is 0 Å². The zero-order valence-corrected chi connectivity index (χ0v) is 16.9. The third-order valence-electron chi connectivity index (χ3n) is 4.84. The van der Waals surface area contributed by atoms with Crippen LogP contribution in [0.2, 0.25) is 10.0 Å². The van der Waals surface area contributed by atoms with Gasteiger partial charge >= 0.3 is 5.97 Å². The van der Waals surface area contributed by atoms with E-state index >= 15 is 0 Å². The molecule has 0 aliphatic heterocycles. The first-order valence-electron chi connectivity index (χ1n) is 8.73. The minimum absolute atomic E-state index is 0.197. The molecule has 1 amide bonds. The summed E-state index contributed by atoms with van der Waals surface area (Å²) in [5.41, 5.74) is 2.91. The number of aryl methyl sites for hydroxylation is 1. The molecule has 2 unspecified atom stereocenters. The van der Waals surface area contributed by atoms with E-state index in [0.29, 0.717) is 23.6 Å². The third-order valence-corrected chi connectivity index (χ3v) is 5.78. The summed E-state index contributed by atoms with van der Waals surface area (Å²) < 4.78 is 5.55. The predicted octanol–water partition coefficient (Wildman–Crippen LogP) is 4.32. The van der Waals surface area contributed by atoms with Gasteiger partial charge in [0.15, 0.2) is 0 Å². The van der Waals surface area contributed by atoms with Crippen LogP contribution in [0.1, 0.15) is 44.9 Å². The van der Waals surface area contributed by atoms with Gasteiger partial charge in [0.05, 0.1) is 27.8 Å². The third kappa shape index (κ3) is 4.09. The molecule has 0 bridgehead atoms. The molecule has 28 heavy (non-hydrogen) atoms. The summed E-state index contributed by atoms with van der Waals surface area (Å²) in [6, 6.07) is 6.53. The fourth-order valence-corrected chi connectivity index (χ4v) is 3.74. The predicted molar refractivity (Wildman–Crippen MR) is 108 cm³/mol. The van der Waals surface area contributed by atoms with E-state index in [-0.39, 0.29) is 34.3 Å². The summed E-state index contributed by atoms with van der Waals surface area (Å²) in [5, 5.41) is 12.7. The van der Waals surface area contributed by atoms with Crippen molar-refractivity contribution in [3.8, 4) is 0 Å². The number of nitrogens with one attached hydrogen (secondary N) is 2. The molecule has 0 saturated carbocycles. The van der Waals surface area contributed by atoms with Crippen LogP contribution in [0.15, 0.2) is 30.3 Å². The number of carbonyl (C=O) groups is 2. The quantitative estimate of drug-likeness (QED) is 0.668. The van der Waals surface area contributed by atoms with Crippen molar-refractivity contribution in [3.63, 3.8) is 0 Å². The van der Waals surface area contributed by atoms with E-state index in [1.54, 1.807) is 32.2 Å². The molecule has 3 N–H and O–H groups in total. The van der Waals surface area contributed by atoms with E-state index < -0.39 is 5.97 Å². The van der Waals surface area contributed by atoms with E-state index in [0.717, 1.165) is 11.1 Å². The maximum atomic E-state index is 12.6. The molecule has 1 aromatic carbocycles. The minimum atomic E-state index is -0.969. The Hall–Kier alpha value is -2.28. The van der Waals surface area contributed by atoms with Crippen LogP contribution >= 0.6 is 23.2 Å². The molecule has 1 aliphatic carbocycles. The van der Waals surface area contributed by atoms with Crippen LogP contribution in [0, 0.1) is 6.92 Å². The Kier molecular flexibility index (Phi) is 6.13. The number of rotatable bonds is 5. The summed E-state index contributed by atoms with van der Waals surface area (Å²) in [6.45, 7) is 1.74. The number of hydrogen-bond donors (Lipinski definition) is 3. The highest BCUT2D eigenvalue weighted by Gasteiger charge is 2.29. The molecule has 0 fully saturated rings. The van der Waals surface area contributed by atoms with Crippen molar-refractivity contribution < 1.29 is 19.4 Å². The number of aromatic nitrogens is 1. The Labute approximate surface area is 172 Å². The number of ether oxygens (including phenoxy) is 1. The molecule has 2 atom stereocenters. The van der Waals surface area contributed by atoms with Gasteiger partial charge in [-0.05, 0) is 43.0 Å². The van der Waals surface area contributed by atoms with Gasteiger partial charge in [-0.3, -0.25) is 4.79 Å². The van der Waals surface area contributed by atoms with Crippen LogP contribution in [0.4, 0.5) is 0 Å². The van der Waals surface area contributed by atoms with E-state index in [1.165, 1.54) is 0 Å². The molecule has 2 aromatic rings. The first-order valence-corrected chi connectivity index (χ1v) is 9.49. The van der Waals surface area contributed by atoms with Crippen molar-refractivity contribution in [2.24, 2.45) is 0 Å². The second-order valence-electron chi connectivity index (χ2n) is 6.65. The molecular formula is C20H20Cl2N2O4. The number of carboxylic acids is 1. The molecule has 1 aromatic heterocycles. The van der Waals surface area contributed by atoms with E-state index in [4.69, 9.17) is 27.9 Å². The fraction of sp³-hybridized carbons (Fsp3) is 0.300. The Morgan fingerprint density at radius 1 is 1.29 bits per heavy atom. The Morgan fingerprint density at radius 3 is 2.64 bits per heavy atom. The number of benzene rings is 1. The number of hydrogen-bond acceptors (Lipinski definition) is 3. The minimum Gasteiger partial charge on any atom is -0.478 e. The molecule has 0 radical (unpaired) electrons. The van der Waals surface area contributed by atoms with Gasteiger partial charge in [-0.1, -0.05) is 41.4 Å². The van der Waals surface area contributed by atoms with E-state index in [2.05, 4.69) is 10.3 Å². The monoisotopic (exact) mass is 422 g/mol. The topological polar surface area (TPSA) is 91.4 Å². The zero-order chi connectivity index (χ0) is 20.4. The first-order chi connectivity index (χ1) is 13.3. The lowest BCUT2D eigenvalue weighted by atomic mass is 9.88. The van der Waals surface area contributed by atoms with Gasteiger partial charge in [0.2, 0.25) is 0 Å². The van der Waals surface area contributed by atoms with Crippen molar-refractivity contribution >= 4 is 40.7 Å². The van der Waals surface area contributed by atoms with Crippen LogP contribution in [0.25, 0.3) is 5.57 Å². The number of H-pyrrole nitrogens is 1. The normalized spacial score (nSPS) is 19.2. The zero-order valence-electron chi connectivity index (χ0n) is 15.4. The molecule has 3 rings (SSSR count). The smallest absolute Gasteiger partial charge is 0.335 e. The SMILES string of the molecule is COC1C=C(c2cccc(C(=O)O)c2)CCC1NC(=O)c1[nH]c(C)c(Cl)c1Cl.